The van der Waals surface area contributed by atoms with Crippen LogP contribution in [0.5, 0.6) is 0 Å². The van der Waals surface area contributed by atoms with Crippen LogP contribution in [-0.4, -0.2) is 0 Å². The molecule has 0 bridgehead atoms. The summed E-state index contributed by atoms with van der Waals surface area (Å²) in [6.45, 7) is 6.30. The molecule has 0 spiro atoms. The standard InChI is InChI=1S/C33H58/c1-3-5-6-7-8-9-10-13-30-20-24-32(25-21-30)33-26-22-31(23-27-33)15-12-11-14-29-18-16-28(4-2)17-19-29/h4,11,14,28-33H,2-3,5-10,12-13,15-27H2,1H3. The Hall–Kier alpha value is -0.520. The maximum atomic E-state index is 3.98. The molecule has 33 heavy (non-hydrogen) atoms. The van der Waals surface area contributed by atoms with Gasteiger partial charge in [0, 0.05) is 0 Å². The average molecular weight is 455 g/mol. The van der Waals surface area contributed by atoms with Crippen molar-refractivity contribution < 1.29 is 0 Å². The molecule has 0 nitrogen and oxygen atoms in total. The Morgan fingerprint density at radius 3 is 1.67 bits per heavy atom. The van der Waals surface area contributed by atoms with Crippen molar-refractivity contribution in [2.75, 3.05) is 0 Å². The third-order valence-electron chi connectivity index (χ3n) is 9.97. The zero-order valence-electron chi connectivity index (χ0n) is 22.5. The van der Waals surface area contributed by atoms with Gasteiger partial charge < -0.3 is 0 Å². The van der Waals surface area contributed by atoms with Gasteiger partial charge in [0.05, 0.1) is 0 Å². The molecule has 0 N–H and O–H groups in total. The van der Waals surface area contributed by atoms with E-state index in [9.17, 15) is 0 Å². The summed E-state index contributed by atoms with van der Waals surface area (Å²) in [5.41, 5.74) is 0. The van der Waals surface area contributed by atoms with Crippen molar-refractivity contribution >= 4 is 0 Å². The van der Waals surface area contributed by atoms with Crippen LogP contribution in [0.15, 0.2) is 24.8 Å². The van der Waals surface area contributed by atoms with Gasteiger partial charge in [-0.25, -0.2) is 0 Å². The van der Waals surface area contributed by atoms with E-state index in [1.165, 1.54) is 103 Å². The van der Waals surface area contributed by atoms with Gasteiger partial charge in [-0.15, -0.1) is 6.58 Å². The first-order chi connectivity index (χ1) is 16.3. The smallest absolute Gasteiger partial charge is 0.0233 e. The van der Waals surface area contributed by atoms with E-state index in [2.05, 4.69) is 31.7 Å². The highest BCUT2D eigenvalue weighted by atomic mass is 14.4. The normalized spacial score (nSPS) is 33.4. The van der Waals surface area contributed by atoms with E-state index in [0.29, 0.717) is 0 Å². The Balaban J connectivity index is 1.19. The van der Waals surface area contributed by atoms with Gasteiger partial charge >= 0.3 is 0 Å². The van der Waals surface area contributed by atoms with Gasteiger partial charge in [0.2, 0.25) is 0 Å². The van der Waals surface area contributed by atoms with Gasteiger partial charge in [0.1, 0.15) is 0 Å². The summed E-state index contributed by atoms with van der Waals surface area (Å²) < 4.78 is 0. The van der Waals surface area contributed by atoms with Crippen LogP contribution >= 0.6 is 0 Å². The summed E-state index contributed by atoms with van der Waals surface area (Å²) in [7, 11) is 0. The fourth-order valence-electron chi connectivity index (χ4n) is 7.48. The van der Waals surface area contributed by atoms with Crippen LogP contribution in [0.2, 0.25) is 0 Å². The molecule has 0 aliphatic heterocycles. The van der Waals surface area contributed by atoms with Gasteiger partial charge in [-0.1, -0.05) is 102 Å². The van der Waals surface area contributed by atoms with Crippen LogP contribution in [0, 0.1) is 35.5 Å². The van der Waals surface area contributed by atoms with Crippen molar-refractivity contribution in [1.82, 2.24) is 0 Å². The number of rotatable bonds is 14. The monoisotopic (exact) mass is 454 g/mol. The Labute approximate surface area is 208 Å². The molecule has 3 aliphatic rings. The number of unbranched alkanes of at least 4 members (excludes halogenated alkanes) is 6. The van der Waals surface area contributed by atoms with Crippen LogP contribution in [0.25, 0.3) is 0 Å². The number of allylic oxidation sites excluding steroid dienone is 3. The first-order valence-electron chi connectivity index (χ1n) is 15.6. The van der Waals surface area contributed by atoms with E-state index in [1.807, 2.05) is 0 Å². The van der Waals surface area contributed by atoms with Gasteiger partial charge in [-0.05, 0) is 99.7 Å². The second kappa shape index (κ2) is 16.2. The minimum Gasteiger partial charge on any atom is -0.103 e. The summed E-state index contributed by atoms with van der Waals surface area (Å²) in [4.78, 5) is 0. The predicted octanol–water partition coefficient (Wildman–Crippen LogP) is 11.1. The zero-order chi connectivity index (χ0) is 23.1. The van der Waals surface area contributed by atoms with E-state index in [4.69, 9.17) is 0 Å². The highest BCUT2D eigenvalue weighted by molar-refractivity contribution is 4.94. The van der Waals surface area contributed by atoms with E-state index < -0.39 is 0 Å². The van der Waals surface area contributed by atoms with E-state index in [0.717, 1.165) is 35.5 Å². The first-order valence-corrected chi connectivity index (χ1v) is 15.6. The van der Waals surface area contributed by atoms with Crippen molar-refractivity contribution in [3.63, 3.8) is 0 Å². The predicted molar refractivity (Wildman–Crippen MR) is 148 cm³/mol. The third kappa shape index (κ3) is 10.3. The minimum absolute atomic E-state index is 0.796. The molecule has 0 saturated heterocycles. The highest BCUT2D eigenvalue weighted by Crippen LogP contribution is 2.43. The fraction of sp³-hybridized carbons (Fsp3) is 0.879. The number of hydrogen-bond acceptors (Lipinski definition) is 0. The van der Waals surface area contributed by atoms with Crippen molar-refractivity contribution in [2.24, 2.45) is 35.5 Å². The maximum Gasteiger partial charge on any atom is -0.0233 e. The van der Waals surface area contributed by atoms with Gasteiger partial charge in [-0.3, -0.25) is 0 Å². The van der Waals surface area contributed by atoms with Crippen molar-refractivity contribution in [2.45, 2.75) is 148 Å². The molecule has 0 atom stereocenters. The molecule has 3 aliphatic carbocycles. The van der Waals surface area contributed by atoms with E-state index >= 15 is 0 Å². The second-order valence-corrected chi connectivity index (χ2v) is 12.4. The molecule has 0 amide bonds. The lowest BCUT2D eigenvalue weighted by Gasteiger charge is -2.38. The van der Waals surface area contributed by atoms with Gasteiger partial charge in [0.25, 0.3) is 0 Å². The Bertz CT molecular complexity index is 506. The molecular weight excluding hydrogens is 396 g/mol. The SMILES string of the molecule is C=CC1CCC(C=CCCC2CCC(C3CCC(CCCCCCCCC)CC3)CC2)CC1. The molecule has 3 saturated carbocycles. The molecule has 0 heterocycles. The fourth-order valence-corrected chi connectivity index (χ4v) is 7.48. The first kappa shape index (κ1) is 27.1. The summed E-state index contributed by atoms with van der Waals surface area (Å²) in [6, 6.07) is 0. The molecule has 0 heteroatoms. The third-order valence-corrected chi connectivity index (χ3v) is 9.97. The number of hydrogen-bond donors (Lipinski definition) is 0. The highest BCUT2D eigenvalue weighted by Gasteiger charge is 2.30. The quantitative estimate of drug-likeness (QED) is 0.181. The Morgan fingerprint density at radius 2 is 1.09 bits per heavy atom. The molecule has 0 unspecified atom stereocenters. The summed E-state index contributed by atoms with van der Waals surface area (Å²) >= 11 is 0. The molecule has 0 aromatic carbocycles. The zero-order valence-corrected chi connectivity index (χ0v) is 22.5. The second-order valence-electron chi connectivity index (χ2n) is 12.4. The molecule has 0 radical (unpaired) electrons. The summed E-state index contributed by atoms with van der Waals surface area (Å²) in [5, 5.41) is 0. The van der Waals surface area contributed by atoms with Crippen LogP contribution in [0.3, 0.4) is 0 Å². The topological polar surface area (TPSA) is 0 Å². The van der Waals surface area contributed by atoms with Crippen LogP contribution in [0.1, 0.15) is 148 Å². The Morgan fingerprint density at radius 1 is 0.576 bits per heavy atom. The lowest BCUT2D eigenvalue weighted by Crippen LogP contribution is -2.25. The summed E-state index contributed by atoms with van der Waals surface area (Å²) in [5.74, 6) is 5.92. The van der Waals surface area contributed by atoms with Crippen molar-refractivity contribution in [1.29, 1.82) is 0 Å². The lowest BCUT2D eigenvalue weighted by atomic mass is 9.68. The van der Waals surface area contributed by atoms with Gasteiger partial charge in [-0.2, -0.15) is 0 Å². The van der Waals surface area contributed by atoms with Crippen molar-refractivity contribution in [3.05, 3.63) is 24.8 Å². The van der Waals surface area contributed by atoms with Crippen LogP contribution in [0.4, 0.5) is 0 Å². The largest absolute Gasteiger partial charge is 0.103 e. The molecule has 0 aromatic rings. The molecule has 190 valence electrons. The Kier molecular flexibility index (Phi) is 13.3. The molecular formula is C33H58. The summed E-state index contributed by atoms with van der Waals surface area (Å²) in [6.07, 6.45) is 39.8. The maximum absolute atomic E-state index is 3.98. The van der Waals surface area contributed by atoms with E-state index in [1.54, 1.807) is 38.5 Å². The minimum atomic E-state index is 0.796. The van der Waals surface area contributed by atoms with Crippen molar-refractivity contribution in [3.8, 4) is 0 Å². The van der Waals surface area contributed by atoms with Gasteiger partial charge in [0.15, 0.2) is 0 Å². The van der Waals surface area contributed by atoms with Crippen LogP contribution < -0.4 is 0 Å². The molecule has 3 fully saturated rings. The average Bonchev–Trinajstić information content (AvgIpc) is 2.87. The van der Waals surface area contributed by atoms with E-state index in [-0.39, 0.29) is 0 Å². The lowest BCUT2D eigenvalue weighted by molar-refractivity contribution is 0.140. The molecule has 0 aromatic heterocycles. The molecule has 3 rings (SSSR count). The van der Waals surface area contributed by atoms with Crippen LogP contribution in [-0.2, 0) is 0 Å².